The summed E-state index contributed by atoms with van der Waals surface area (Å²) in [4.78, 5) is 25.9. The van der Waals surface area contributed by atoms with Gasteiger partial charge >= 0.3 is 0 Å². The van der Waals surface area contributed by atoms with Gasteiger partial charge in [-0.25, -0.2) is 0 Å². The maximum atomic E-state index is 12.6. The number of primary amides is 1. The average molecular weight is 393 g/mol. The van der Waals surface area contributed by atoms with Gasteiger partial charge in [-0.05, 0) is 30.3 Å². The summed E-state index contributed by atoms with van der Waals surface area (Å²) in [6, 6.07) is 8.62. The molecule has 0 spiro atoms. The number of rotatable bonds is 7. The van der Waals surface area contributed by atoms with Crippen LogP contribution < -0.4 is 10.5 Å². The zero-order valence-electron chi connectivity index (χ0n) is 14.7. The van der Waals surface area contributed by atoms with Crippen LogP contribution in [-0.2, 0) is 20.9 Å². The molecule has 3 rings (SSSR count). The Morgan fingerprint density at radius 2 is 2.11 bits per heavy atom. The first-order chi connectivity index (χ1) is 13.0. The topological polar surface area (TPSA) is 99.7 Å². The molecular formula is C18H21ClN4O4. The molecule has 9 heteroatoms. The fourth-order valence-electron chi connectivity index (χ4n) is 3.00. The lowest BCUT2D eigenvalue weighted by molar-refractivity contribution is -0.162. The first-order valence-corrected chi connectivity index (χ1v) is 8.89. The van der Waals surface area contributed by atoms with Gasteiger partial charge in [0, 0.05) is 24.0 Å². The molecule has 1 aliphatic heterocycles. The molecule has 0 radical (unpaired) electrons. The molecule has 1 atom stereocenters. The molecule has 1 aromatic carbocycles. The second kappa shape index (κ2) is 8.41. The molecule has 2 heterocycles. The monoisotopic (exact) mass is 392 g/mol. The Bertz CT molecular complexity index is 781. The van der Waals surface area contributed by atoms with E-state index in [9.17, 15) is 9.59 Å². The van der Waals surface area contributed by atoms with Crippen LogP contribution >= 0.6 is 11.6 Å². The number of ether oxygens (including phenoxy) is 2. The molecule has 8 nitrogen and oxygen atoms in total. The van der Waals surface area contributed by atoms with E-state index in [-0.39, 0.29) is 32.0 Å². The summed E-state index contributed by atoms with van der Waals surface area (Å²) in [5.41, 5.74) is 4.42. The van der Waals surface area contributed by atoms with Gasteiger partial charge in [0.05, 0.1) is 19.6 Å². The van der Waals surface area contributed by atoms with Crippen molar-refractivity contribution in [1.82, 2.24) is 14.7 Å². The van der Waals surface area contributed by atoms with Gasteiger partial charge in [-0.2, -0.15) is 5.10 Å². The number of amides is 2. The predicted molar refractivity (Wildman–Crippen MR) is 98.2 cm³/mol. The van der Waals surface area contributed by atoms with Crippen LogP contribution in [0, 0.1) is 0 Å². The van der Waals surface area contributed by atoms with Crippen LogP contribution in [0.3, 0.4) is 0 Å². The fraction of sp³-hybridized carbons (Fsp3) is 0.389. The number of carbonyl (C=O) groups excluding carboxylic acids is 2. The van der Waals surface area contributed by atoms with Gasteiger partial charge in [0.2, 0.25) is 11.8 Å². The number of nitrogens with zero attached hydrogens (tertiary/aromatic N) is 3. The van der Waals surface area contributed by atoms with E-state index in [1.54, 1.807) is 52.3 Å². The average Bonchev–Trinajstić information content (AvgIpc) is 3.14. The lowest BCUT2D eigenvalue weighted by Gasteiger charge is -2.41. The molecule has 2 N–H and O–H groups in total. The van der Waals surface area contributed by atoms with Gasteiger partial charge < -0.3 is 20.1 Å². The van der Waals surface area contributed by atoms with Crippen LogP contribution in [0.4, 0.5) is 0 Å². The lowest BCUT2D eigenvalue weighted by Crippen LogP contribution is -2.58. The molecule has 1 aliphatic rings. The Labute approximate surface area is 161 Å². The minimum absolute atomic E-state index is 0.0495. The maximum Gasteiger partial charge on any atom is 0.244 e. The third-order valence-electron chi connectivity index (χ3n) is 4.27. The minimum atomic E-state index is -0.997. The molecule has 0 aliphatic carbocycles. The van der Waals surface area contributed by atoms with E-state index in [1.165, 1.54) is 0 Å². The maximum absolute atomic E-state index is 12.6. The molecule has 2 aromatic rings. The van der Waals surface area contributed by atoms with Crippen molar-refractivity contribution in [3.8, 4) is 5.75 Å². The highest BCUT2D eigenvalue weighted by Gasteiger charge is 2.40. The van der Waals surface area contributed by atoms with Gasteiger partial charge in [0.25, 0.3) is 0 Å². The number of halogens is 1. The Balaban J connectivity index is 1.69. The zero-order chi connectivity index (χ0) is 19.3. The zero-order valence-corrected chi connectivity index (χ0v) is 15.5. The van der Waals surface area contributed by atoms with Crippen LogP contribution in [0.25, 0.3) is 0 Å². The first kappa shape index (κ1) is 19.2. The Hall–Kier alpha value is -2.58. The normalized spacial score (nSPS) is 19.7. The smallest absolute Gasteiger partial charge is 0.244 e. The van der Waals surface area contributed by atoms with Crippen molar-refractivity contribution in [2.45, 2.75) is 18.6 Å². The van der Waals surface area contributed by atoms with Crippen molar-refractivity contribution in [2.24, 2.45) is 5.73 Å². The highest BCUT2D eigenvalue weighted by molar-refractivity contribution is 6.30. The summed E-state index contributed by atoms with van der Waals surface area (Å²) >= 11 is 5.88. The lowest BCUT2D eigenvalue weighted by atomic mass is 9.97. The third kappa shape index (κ3) is 5.21. The summed E-state index contributed by atoms with van der Waals surface area (Å²) in [6.07, 6.45) is 3.29. The predicted octanol–water partition coefficient (Wildman–Crippen LogP) is 1.09. The van der Waals surface area contributed by atoms with Gasteiger partial charge in [-0.3, -0.25) is 14.3 Å². The first-order valence-electron chi connectivity index (χ1n) is 8.52. The summed E-state index contributed by atoms with van der Waals surface area (Å²) < 4.78 is 13.2. The fourth-order valence-corrected chi connectivity index (χ4v) is 3.12. The molecule has 27 heavy (non-hydrogen) atoms. The molecule has 2 amide bonds. The Kier molecular flexibility index (Phi) is 5.98. The summed E-state index contributed by atoms with van der Waals surface area (Å²) in [6.45, 7) is 1.15. The van der Waals surface area contributed by atoms with E-state index in [2.05, 4.69) is 5.10 Å². The van der Waals surface area contributed by atoms with Crippen molar-refractivity contribution in [2.75, 3.05) is 26.3 Å². The minimum Gasteiger partial charge on any atom is -0.490 e. The standard InChI is InChI=1S/C18H21ClN4O4/c19-14-2-4-15(5-3-14)26-13-18(10-16(20)24)12-22(8-9-27-18)17(25)11-23-7-1-6-21-23/h1-7H,8-13H2,(H2,20,24)/t18-/m1/s1. The SMILES string of the molecule is NC(=O)C[C@]1(COc2ccc(Cl)cc2)CN(C(=O)Cn2cccn2)CCO1. The second-order valence-corrected chi connectivity index (χ2v) is 6.87. The number of hydrogen-bond acceptors (Lipinski definition) is 5. The number of nitrogens with two attached hydrogens (primary N) is 1. The largest absolute Gasteiger partial charge is 0.490 e. The molecule has 0 unspecified atom stereocenters. The van der Waals surface area contributed by atoms with Gasteiger partial charge in [-0.1, -0.05) is 11.6 Å². The number of hydrogen-bond donors (Lipinski definition) is 1. The van der Waals surface area contributed by atoms with Gasteiger partial charge in [-0.15, -0.1) is 0 Å². The van der Waals surface area contributed by atoms with Crippen LogP contribution in [0.1, 0.15) is 6.42 Å². The molecule has 1 fully saturated rings. The van der Waals surface area contributed by atoms with E-state index >= 15 is 0 Å². The quantitative estimate of drug-likeness (QED) is 0.760. The Morgan fingerprint density at radius 3 is 2.78 bits per heavy atom. The van der Waals surface area contributed by atoms with Crippen molar-refractivity contribution in [3.63, 3.8) is 0 Å². The van der Waals surface area contributed by atoms with Crippen LogP contribution in [0.15, 0.2) is 42.7 Å². The van der Waals surface area contributed by atoms with E-state index in [0.29, 0.717) is 23.9 Å². The van der Waals surface area contributed by atoms with Crippen molar-refractivity contribution >= 4 is 23.4 Å². The molecular weight excluding hydrogens is 372 g/mol. The van der Waals surface area contributed by atoms with Crippen molar-refractivity contribution in [3.05, 3.63) is 47.7 Å². The molecule has 0 saturated carbocycles. The second-order valence-electron chi connectivity index (χ2n) is 6.44. The number of carbonyl (C=O) groups is 2. The highest BCUT2D eigenvalue weighted by atomic mass is 35.5. The molecule has 144 valence electrons. The third-order valence-corrected chi connectivity index (χ3v) is 4.52. The highest BCUT2D eigenvalue weighted by Crippen LogP contribution is 2.25. The van der Waals surface area contributed by atoms with Crippen molar-refractivity contribution in [1.29, 1.82) is 0 Å². The van der Waals surface area contributed by atoms with E-state index in [0.717, 1.165) is 0 Å². The van der Waals surface area contributed by atoms with Crippen LogP contribution in [0.5, 0.6) is 5.75 Å². The van der Waals surface area contributed by atoms with Crippen LogP contribution in [0.2, 0.25) is 5.02 Å². The summed E-state index contributed by atoms with van der Waals surface area (Å²) in [7, 11) is 0. The molecule has 0 bridgehead atoms. The van der Waals surface area contributed by atoms with E-state index in [4.69, 9.17) is 26.8 Å². The number of aromatic nitrogens is 2. The summed E-state index contributed by atoms with van der Waals surface area (Å²) in [5.74, 6) is -0.0368. The van der Waals surface area contributed by atoms with E-state index < -0.39 is 11.5 Å². The van der Waals surface area contributed by atoms with Gasteiger partial charge in [0.15, 0.2) is 0 Å². The molecule has 1 saturated heterocycles. The number of morpholine rings is 1. The number of benzene rings is 1. The summed E-state index contributed by atoms with van der Waals surface area (Å²) in [5, 5.41) is 4.64. The van der Waals surface area contributed by atoms with Crippen LogP contribution in [-0.4, -0.2) is 58.4 Å². The van der Waals surface area contributed by atoms with E-state index in [1.807, 2.05) is 0 Å². The molecule has 1 aromatic heterocycles. The Morgan fingerprint density at radius 1 is 1.33 bits per heavy atom. The van der Waals surface area contributed by atoms with Gasteiger partial charge in [0.1, 0.15) is 24.5 Å². The van der Waals surface area contributed by atoms with Crippen molar-refractivity contribution < 1.29 is 19.1 Å².